The molecule has 0 aromatic heterocycles. The number of rotatable bonds is 2. The Bertz CT molecular complexity index is 677. The van der Waals surface area contributed by atoms with Crippen molar-refractivity contribution in [3.63, 3.8) is 0 Å². The van der Waals surface area contributed by atoms with E-state index in [1.165, 1.54) is 5.56 Å². The second kappa shape index (κ2) is 5.27. The molecule has 4 nitrogen and oxygen atoms in total. The van der Waals surface area contributed by atoms with Gasteiger partial charge in [0.1, 0.15) is 0 Å². The quantitative estimate of drug-likeness (QED) is 0.346. The Labute approximate surface area is 118 Å². The van der Waals surface area contributed by atoms with Crippen LogP contribution in [0.4, 0.5) is 11.4 Å². The SMILES string of the molecule is CC(C)(C)c1cccc(-c2ccc(N=[N+]=[N-])c(N)c2)c1. The molecule has 2 N–H and O–H groups in total. The molecule has 0 aliphatic rings. The molecule has 0 aliphatic carbocycles. The van der Waals surface area contributed by atoms with Crippen molar-refractivity contribution >= 4 is 11.4 Å². The summed E-state index contributed by atoms with van der Waals surface area (Å²) in [6.45, 7) is 6.56. The van der Waals surface area contributed by atoms with E-state index in [1.54, 1.807) is 6.07 Å². The summed E-state index contributed by atoms with van der Waals surface area (Å²) >= 11 is 0. The Kier molecular flexibility index (Phi) is 3.68. The van der Waals surface area contributed by atoms with Gasteiger partial charge in [-0.2, -0.15) is 0 Å². The van der Waals surface area contributed by atoms with Crippen molar-refractivity contribution in [1.82, 2.24) is 0 Å². The van der Waals surface area contributed by atoms with Gasteiger partial charge in [0, 0.05) is 10.6 Å². The van der Waals surface area contributed by atoms with Crippen molar-refractivity contribution in [2.75, 3.05) is 5.73 Å². The zero-order valence-electron chi connectivity index (χ0n) is 12.0. The Morgan fingerprint density at radius 2 is 1.75 bits per heavy atom. The number of hydrogen-bond acceptors (Lipinski definition) is 2. The Balaban J connectivity index is 2.47. The van der Waals surface area contributed by atoms with E-state index in [1.807, 2.05) is 18.2 Å². The van der Waals surface area contributed by atoms with Crippen molar-refractivity contribution in [3.8, 4) is 11.1 Å². The van der Waals surface area contributed by atoms with E-state index in [-0.39, 0.29) is 5.41 Å². The monoisotopic (exact) mass is 266 g/mol. The number of anilines is 1. The first-order chi connectivity index (χ1) is 9.41. The van der Waals surface area contributed by atoms with Crippen LogP contribution in [0, 0.1) is 0 Å². The first-order valence-corrected chi connectivity index (χ1v) is 6.47. The van der Waals surface area contributed by atoms with Crippen LogP contribution in [0.1, 0.15) is 26.3 Å². The molecule has 2 aromatic carbocycles. The minimum Gasteiger partial charge on any atom is -0.398 e. The molecule has 0 bridgehead atoms. The van der Waals surface area contributed by atoms with E-state index in [9.17, 15) is 0 Å². The van der Waals surface area contributed by atoms with Gasteiger partial charge >= 0.3 is 0 Å². The van der Waals surface area contributed by atoms with Crippen LogP contribution < -0.4 is 5.73 Å². The van der Waals surface area contributed by atoms with E-state index in [0.29, 0.717) is 11.4 Å². The molecule has 0 saturated carbocycles. The van der Waals surface area contributed by atoms with E-state index in [0.717, 1.165) is 11.1 Å². The largest absolute Gasteiger partial charge is 0.398 e. The fourth-order valence-corrected chi connectivity index (χ4v) is 2.04. The van der Waals surface area contributed by atoms with Crippen molar-refractivity contribution in [2.24, 2.45) is 5.11 Å². The van der Waals surface area contributed by atoms with Crippen LogP contribution in [0.3, 0.4) is 0 Å². The molecule has 0 radical (unpaired) electrons. The molecule has 2 rings (SSSR count). The molecule has 0 saturated heterocycles. The van der Waals surface area contributed by atoms with Gasteiger partial charge in [-0.05, 0) is 39.8 Å². The maximum Gasteiger partial charge on any atom is 0.0605 e. The predicted octanol–water partition coefficient (Wildman–Crippen LogP) is 5.18. The van der Waals surface area contributed by atoms with E-state index < -0.39 is 0 Å². The first kappa shape index (κ1) is 14.0. The predicted molar refractivity (Wildman–Crippen MR) is 83.8 cm³/mol. The molecule has 2 aromatic rings. The smallest absolute Gasteiger partial charge is 0.0605 e. The minimum absolute atomic E-state index is 0.104. The highest BCUT2D eigenvalue weighted by Crippen LogP contribution is 2.31. The van der Waals surface area contributed by atoms with Gasteiger partial charge in [0.15, 0.2) is 0 Å². The maximum atomic E-state index is 8.46. The van der Waals surface area contributed by atoms with Crippen molar-refractivity contribution in [1.29, 1.82) is 0 Å². The molecule has 102 valence electrons. The number of benzene rings is 2. The van der Waals surface area contributed by atoms with Crippen LogP contribution >= 0.6 is 0 Å². The molecule has 0 spiro atoms. The third-order valence-corrected chi connectivity index (χ3v) is 3.24. The second-order valence-electron chi connectivity index (χ2n) is 5.79. The van der Waals surface area contributed by atoms with Gasteiger partial charge in [0.25, 0.3) is 0 Å². The summed E-state index contributed by atoms with van der Waals surface area (Å²) in [5.41, 5.74) is 18.8. The lowest BCUT2D eigenvalue weighted by Crippen LogP contribution is -2.10. The molecule has 0 amide bonds. The van der Waals surface area contributed by atoms with E-state index in [4.69, 9.17) is 11.3 Å². The van der Waals surface area contributed by atoms with Gasteiger partial charge in [-0.3, -0.25) is 0 Å². The summed E-state index contributed by atoms with van der Waals surface area (Å²) in [7, 11) is 0. The number of nitrogen functional groups attached to an aromatic ring is 1. The Morgan fingerprint density at radius 3 is 2.35 bits per heavy atom. The number of nitrogens with zero attached hydrogens (tertiary/aromatic N) is 3. The van der Waals surface area contributed by atoms with Gasteiger partial charge in [-0.1, -0.05) is 56.2 Å². The van der Waals surface area contributed by atoms with Crippen LogP contribution in [0.25, 0.3) is 21.6 Å². The molecule has 0 atom stereocenters. The summed E-state index contributed by atoms with van der Waals surface area (Å²) in [4.78, 5) is 2.76. The van der Waals surface area contributed by atoms with Crippen LogP contribution in [-0.2, 0) is 5.41 Å². The molecule has 4 heteroatoms. The fourth-order valence-electron chi connectivity index (χ4n) is 2.04. The average Bonchev–Trinajstić information content (AvgIpc) is 2.40. The molecule has 0 fully saturated rings. The van der Waals surface area contributed by atoms with Gasteiger partial charge in [-0.15, -0.1) is 0 Å². The van der Waals surface area contributed by atoms with Crippen LogP contribution in [-0.4, -0.2) is 0 Å². The summed E-state index contributed by atoms with van der Waals surface area (Å²) in [5.74, 6) is 0. The minimum atomic E-state index is 0.104. The average molecular weight is 266 g/mol. The van der Waals surface area contributed by atoms with Gasteiger partial charge in [0.2, 0.25) is 0 Å². The molecule has 0 heterocycles. The zero-order valence-corrected chi connectivity index (χ0v) is 12.0. The van der Waals surface area contributed by atoms with Gasteiger partial charge in [0.05, 0.1) is 5.69 Å². The first-order valence-electron chi connectivity index (χ1n) is 6.47. The lowest BCUT2D eigenvalue weighted by Gasteiger charge is -2.20. The molecule has 0 aliphatic heterocycles. The number of azide groups is 1. The zero-order chi connectivity index (χ0) is 14.8. The highest BCUT2D eigenvalue weighted by molar-refractivity contribution is 5.74. The third kappa shape index (κ3) is 2.92. The summed E-state index contributed by atoms with van der Waals surface area (Å²) in [6.07, 6.45) is 0. The Morgan fingerprint density at radius 1 is 1.05 bits per heavy atom. The van der Waals surface area contributed by atoms with Crippen LogP contribution in [0.5, 0.6) is 0 Å². The molecule has 0 unspecified atom stereocenters. The molecular weight excluding hydrogens is 248 g/mol. The van der Waals surface area contributed by atoms with Gasteiger partial charge in [-0.25, -0.2) is 0 Å². The summed E-state index contributed by atoms with van der Waals surface area (Å²) in [6, 6.07) is 13.9. The summed E-state index contributed by atoms with van der Waals surface area (Å²) in [5, 5.41) is 3.55. The third-order valence-electron chi connectivity index (χ3n) is 3.24. The van der Waals surface area contributed by atoms with Crippen molar-refractivity contribution < 1.29 is 0 Å². The second-order valence-corrected chi connectivity index (χ2v) is 5.79. The van der Waals surface area contributed by atoms with Crippen molar-refractivity contribution in [2.45, 2.75) is 26.2 Å². The van der Waals surface area contributed by atoms with Crippen molar-refractivity contribution in [3.05, 3.63) is 58.5 Å². The number of hydrogen-bond donors (Lipinski definition) is 1. The highest BCUT2D eigenvalue weighted by Gasteiger charge is 2.14. The molecule has 20 heavy (non-hydrogen) atoms. The lowest BCUT2D eigenvalue weighted by molar-refractivity contribution is 0.590. The number of nitrogens with two attached hydrogens (primary N) is 1. The van der Waals surface area contributed by atoms with Gasteiger partial charge < -0.3 is 5.73 Å². The standard InChI is InChI=1S/C16H18N4/c1-16(2,3)13-6-4-5-11(9-13)12-7-8-15(19-20-18)14(17)10-12/h4-10H,17H2,1-3H3. The topological polar surface area (TPSA) is 74.8 Å². The van der Waals surface area contributed by atoms with E-state index in [2.05, 4.69) is 49.0 Å². The van der Waals surface area contributed by atoms with Crippen LogP contribution in [0.2, 0.25) is 0 Å². The Hall–Kier alpha value is -2.45. The fraction of sp³-hybridized carbons (Fsp3) is 0.250. The maximum absolute atomic E-state index is 8.46. The van der Waals surface area contributed by atoms with E-state index >= 15 is 0 Å². The molecular formula is C16H18N4. The highest BCUT2D eigenvalue weighted by atomic mass is 15.1. The van der Waals surface area contributed by atoms with Crippen LogP contribution in [0.15, 0.2) is 47.6 Å². The summed E-state index contributed by atoms with van der Waals surface area (Å²) < 4.78 is 0. The normalized spacial score (nSPS) is 10.9. The lowest BCUT2D eigenvalue weighted by atomic mass is 9.85.